The molecule has 202 valence electrons. The molecule has 0 aliphatic heterocycles. The molecule has 5 rings (SSSR count). The predicted octanol–water partition coefficient (Wildman–Crippen LogP) is 6.74. The van der Waals surface area contributed by atoms with Gasteiger partial charge in [-0.25, -0.2) is 4.68 Å². The molecule has 0 saturated carbocycles. The lowest BCUT2D eigenvalue weighted by molar-refractivity contribution is 0.414. The number of hydrogen-bond donors (Lipinski definition) is 2. The quantitative estimate of drug-likeness (QED) is 0.204. The van der Waals surface area contributed by atoms with Crippen LogP contribution in [0.1, 0.15) is 12.5 Å². The first-order chi connectivity index (χ1) is 19.5. The van der Waals surface area contributed by atoms with Gasteiger partial charge in [0.15, 0.2) is 0 Å². The van der Waals surface area contributed by atoms with Gasteiger partial charge >= 0.3 is 0 Å². The first-order valence-electron chi connectivity index (χ1n) is 12.7. The maximum atomic E-state index is 13.8. The van der Waals surface area contributed by atoms with E-state index in [1.54, 1.807) is 21.3 Å². The number of nitrogens with one attached hydrogen (secondary N) is 2. The predicted molar refractivity (Wildman–Crippen MR) is 160 cm³/mol. The van der Waals surface area contributed by atoms with Crippen molar-refractivity contribution >= 4 is 22.8 Å². The number of nitrogens with zero attached hydrogens (tertiary/aromatic N) is 2. The van der Waals surface area contributed by atoms with E-state index in [2.05, 4.69) is 10.4 Å². The van der Waals surface area contributed by atoms with Crippen molar-refractivity contribution in [3.05, 3.63) is 113 Å². The Labute approximate surface area is 232 Å². The van der Waals surface area contributed by atoms with Crippen molar-refractivity contribution < 1.29 is 14.2 Å². The lowest BCUT2D eigenvalue weighted by atomic mass is 10.0. The van der Waals surface area contributed by atoms with E-state index >= 15 is 0 Å². The number of H-pyrrole nitrogens is 1. The standard InChI is InChI=1S/C32H30N4O4/c1-21(33-23-7-9-24(10-8-23)34-25-11-17-28(39-3)18-12-25)30-31(22-5-15-27(38-2)16-6-22)35-36(32(30)37)26-13-19-29(40-4)20-14-26/h5-20,34-35H,1-4H3. The van der Waals surface area contributed by atoms with Crippen LogP contribution < -0.4 is 25.1 Å². The van der Waals surface area contributed by atoms with Crippen molar-refractivity contribution in [1.82, 2.24) is 9.78 Å². The number of aliphatic imine (C=N–C) groups is 1. The van der Waals surface area contributed by atoms with Crippen LogP contribution in [0.4, 0.5) is 17.1 Å². The molecule has 1 heterocycles. The second-order valence-electron chi connectivity index (χ2n) is 9.03. The number of aromatic amines is 1. The van der Waals surface area contributed by atoms with Crippen LogP contribution in [-0.2, 0) is 0 Å². The SMILES string of the molecule is COc1ccc(Nc2ccc(N=C(C)c3c(-c4ccc(OC)cc4)[nH]n(-c4ccc(OC)cc4)c3=O)cc2)cc1. The molecule has 1 aromatic heterocycles. The Morgan fingerprint density at radius 3 is 1.70 bits per heavy atom. The van der Waals surface area contributed by atoms with Gasteiger partial charge < -0.3 is 19.5 Å². The van der Waals surface area contributed by atoms with Crippen molar-refractivity contribution in [2.75, 3.05) is 26.6 Å². The summed E-state index contributed by atoms with van der Waals surface area (Å²) in [5.74, 6) is 2.24. The Morgan fingerprint density at radius 1 is 0.700 bits per heavy atom. The van der Waals surface area contributed by atoms with Crippen LogP contribution in [0.25, 0.3) is 16.9 Å². The zero-order valence-electron chi connectivity index (χ0n) is 22.8. The molecule has 0 spiro atoms. The molecule has 0 saturated heterocycles. The van der Waals surface area contributed by atoms with Crippen LogP contribution in [0.3, 0.4) is 0 Å². The van der Waals surface area contributed by atoms with Crippen molar-refractivity contribution in [3.63, 3.8) is 0 Å². The number of anilines is 2. The zero-order valence-corrected chi connectivity index (χ0v) is 22.8. The largest absolute Gasteiger partial charge is 0.497 e. The van der Waals surface area contributed by atoms with E-state index in [4.69, 9.17) is 19.2 Å². The van der Waals surface area contributed by atoms with Gasteiger partial charge in [-0.2, -0.15) is 0 Å². The summed E-state index contributed by atoms with van der Waals surface area (Å²) in [6.07, 6.45) is 0. The van der Waals surface area contributed by atoms with Gasteiger partial charge in [0.05, 0.1) is 49.7 Å². The van der Waals surface area contributed by atoms with E-state index in [1.165, 1.54) is 4.68 Å². The van der Waals surface area contributed by atoms with Gasteiger partial charge in [-0.15, -0.1) is 0 Å². The number of hydrogen-bond acceptors (Lipinski definition) is 6. The molecule has 4 aromatic carbocycles. The molecule has 8 heteroatoms. The molecule has 0 amide bonds. The van der Waals surface area contributed by atoms with E-state index < -0.39 is 0 Å². The molecule has 2 N–H and O–H groups in total. The molecule has 0 atom stereocenters. The lowest BCUT2D eigenvalue weighted by Gasteiger charge is -2.08. The lowest BCUT2D eigenvalue weighted by Crippen LogP contribution is -2.19. The number of aromatic nitrogens is 2. The van der Waals surface area contributed by atoms with Gasteiger partial charge in [0, 0.05) is 16.9 Å². The number of rotatable bonds is 9. The molecule has 0 radical (unpaired) electrons. The molecule has 0 fully saturated rings. The van der Waals surface area contributed by atoms with Gasteiger partial charge in [-0.1, -0.05) is 0 Å². The molecule has 40 heavy (non-hydrogen) atoms. The van der Waals surface area contributed by atoms with Crippen molar-refractivity contribution in [1.29, 1.82) is 0 Å². The second kappa shape index (κ2) is 11.7. The Balaban J connectivity index is 1.49. The van der Waals surface area contributed by atoms with E-state index in [1.807, 2.05) is 104 Å². The van der Waals surface area contributed by atoms with Crippen LogP contribution in [0.2, 0.25) is 0 Å². The first kappa shape index (κ1) is 26.4. The van der Waals surface area contributed by atoms with Gasteiger partial charge in [-0.05, 0) is 104 Å². The summed E-state index contributed by atoms with van der Waals surface area (Å²) in [5.41, 5.74) is 5.68. The fraction of sp³-hybridized carbons (Fsp3) is 0.125. The van der Waals surface area contributed by atoms with Gasteiger partial charge in [0.1, 0.15) is 17.2 Å². The normalized spacial score (nSPS) is 11.2. The van der Waals surface area contributed by atoms with E-state index in [0.29, 0.717) is 28.4 Å². The molecule has 0 unspecified atom stereocenters. The molecule has 0 aliphatic carbocycles. The summed E-state index contributed by atoms with van der Waals surface area (Å²) in [4.78, 5) is 18.6. The summed E-state index contributed by atoms with van der Waals surface area (Å²) in [5, 5.41) is 6.66. The fourth-order valence-electron chi connectivity index (χ4n) is 4.36. The molecule has 0 aliphatic rings. The number of methoxy groups -OCH3 is 3. The van der Waals surface area contributed by atoms with Crippen molar-refractivity contribution in [2.45, 2.75) is 6.92 Å². The van der Waals surface area contributed by atoms with Crippen molar-refractivity contribution in [3.8, 4) is 34.2 Å². The average Bonchev–Trinajstić information content (AvgIpc) is 3.35. The zero-order chi connectivity index (χ0) is 28.1. The molecule has 8 nitrogen and oxygen atoms in total. The first-order valence-corrected chi connectivity index (χ1v) is 12.7. The van der Waals surface area contributed by atoms with Gasteiger partial charge in [0.2, 0.25) is 0 Å². The smallest absolute Gasteiger partial charge is 0.280 e. The summed E-state index contributed by atoms with van der Waals surface area (Å²) in [6, 6.07) is 30.3. The average molecular weight is 535 g/mol. The molecular weight excluding hydrogens is 504 g/mol. The highest BCUT2D eigenvalue weighted by atomic mass is 16.5. The minimum atomic E-state index is -0.199. The molecule has 0 bridgehead atoms. The second-order valence-corrected chi connectivity index (χ2v) is 9.03. The van der Waals surface area contributed by atoms with Crippen molar-refractivity contribution in [2.24, 2.45) is 4.99 Å². The van der Waals surface area contributed by atoms with Crippen LogP contribution in [0, 0.1) is 0 Å². The van der Waals surface area contributed by atoms with E-state index in [-0.39, 0.29) is 5.56 Å². The minimum absolute atomic E-state index is 0.199. The monoisotopic (exact) mass is 534 g/mol. The highest BCUT2D eigenvalue weighted by molar-refractivity contribution is 6.04. The fourth-order valence-corrected chi connectivity index (χ4v) is 4.36. The van der Waals surface area contributed by atoms with E-state index in [0.717, 1.165) is 34.1 Å². The Kier molecular flexibility index (Phi) is 7.68. The molecular formula is C32H30N4O4. The summed E-state index contributed by atoms with van der Waals surface area (Å²) >= 11 is 0. The maximum Gasteiger partial charge on any atom is 0.280 e. The van der Waals surface area contributed by atoms with Crippen LogP contribution in [0.5, 0.6) is 17.2 Å². The highest BCUT2D eigenvalue weighted by Gasteiger charge is 2.19. The molecule has 5 aromatic rings. The Bertz CT molecular complexity index is 1670. The Morgan fingerprint density at radius 2 is 1.18 bits per heavy atom. The topological polar surface area (TPSA) is 89.9 Å². The number of ether oxygens (including phenoxy) is 3. The number of benzene rings is 4. The van der Waals surface area contributed by atoms with Gasteiger partial charge in [0.25, 0.3) is 5.56 Å². The highest BCUT2D eigenvalue weighted by Crippen LogP contribution is 2.27. The summed E-state index contributed by atoms with van der Waals surface area (Å²) < 4.78 is 17.3. The van der Waals surface area contributed by atoms with Crippen LogP contribution in [-0.4, -0.2) is 36.8 Å². The minimum Gasteiger partial charge on any atom is -0.497 e. The summed E-state index contributed by atoms with van der Waals surface area (Å²) in [7, 11) is 4.87. The third kappa shape index (κ3) is 5.61. The van der Waals surface area contributed by atoms with Crippen LogP contribution in [0.15, 0.2) is 107 Å². The van der Waals surface area contributed by atoms with Crippen LogP contribution >= 0.6 is 0 Å². The van der Waals surface area contributed by atoms with Gasteiger partial charge in [-0.3, -0.25) is 14.9 Å². The van der Waals surface area contributed by atoms with E-state index in [9.17, 15) is 4.79 Å². The summed E-state index contributed by atoms with van der Waals surface area (Å²) in [6.45, 7) is 1.85. The Hall–Kier alpha value is -5.24. The third-order valence-corrected chi connectivity index (χ3v) is 6.50. The third-order valence-electron chi connectivity index (χ3n) is 6.50. The maximum absolute atomic E-state index is 13.8.